The molecule has 7 heteroatoms. The van der Waals surface area contributed by atoms with Gasteiger partial charge in [0, 0.05) is 32.1 Å². The van der Waals surface area contributed by atoms with E-state index in [-0.39, 0.29) is 29.8 Å². The number of rotatable bonds is 4. The van der Waals surface area contributed by atoms with Crippen molar-refractivity contribution in [3.63, 3.8) is 0 Å². The number of sulfonamides is 1. The zero-order chi connectivity index (χ0) is 19.4. The van der Waals surface area contributed by atoms with Crippen LogP contribution in [0.25, 0.3) is 0 Å². The van der Waals surface area contributed by atoms with E-state index in [1.807, 2.05) is 11.9 Å². The lowest BCUT2D eigenvalue weighted by atomic mass is 9.95. The Bertz CT molecular complexity index is 752. The minimum absolute atomic E-state index is 0.129. The van der Waals surface area contributed by atoms with Crippen molar-refractivity contribution in [3.8, 4) is 0 Å². The number of nitrogens with zero attached hydrogens (tertiary/aromatic N) is 2. The number of hydrogen-bond acceptors (Lipinski definition) is 3. The average Bonchev–Trinajstić information content (AvgIpc) is 2.96. The molecule has 3 rings (SSSR count). The van der Waals surface area contributed by atoms with Crippen LogP contribution in [-0.4, -0.2) is 49.7 Å². The van der Waals surface area contributed by atoms with E-state index in [9.17, 15) is 17.6 Å². The molecule has 0 atom stereocenters. The highest BCUT2D eigenvalue weighted by Gasteiger charge is 2.35. The van der Waals surface area contributed by atoms with Gasteiger partial charge in [-0.05, 0) is 37.8 Å². The van der Waals surface area contributed by atoms with Crippen molar-refractivity contribution in [1.82, 2.24) is 9.21 Å². The summed E-state index contributed by atoms with van der Waals surface area (Å²) in [5.74, 6) is -0.751. The molecule has 5 nitrogen and oxygen atoms in total. The zero-order valence-corrected chi connectivity index (χ0v) is 16.8. The molecule has 1 aromatic rings. The molecule has 1 aromatic carbocycles. The number of piperidine rings is 1. The van der Waals surface area contributed by atoms with Crippen molar-refractivity contribution < 1.29 is 17.6 Å². The highest BCUT2D eigenvalue weighted by molar-refractivity contribution is 7.89. The molecule has 1 amide bonds. The molecule has 2 aliphatic rings. The molecule has 0 bridgehead atoms. The van der Waals surface area contributed by atoms with Crippen molar-refractivity contribution in [3.05, 3.63) is 30.1 Å². The van der Waals surface area contributed by atoms with Crippen LogP contribution in [0.5, 0.6) is 0 Å². The summed E-state index contributed by atoms with van der Waals surface area (Å²) in [7, 11) is -1.96. The average molecular weight is 397 g/mol. The largest absolute Gasteiger partial charge is 0.343 e. The predicted molar refractivity (Wildman–Crippen MR) is 102 cm³/mol. The van der Waals surface area contributed by atoms with Crippen molar-refractivity contribution in [2.24, 2.45) is 5.92 Å². The molecule has 0 radical (unpaired) electrons. The molecule has 1 saturated heterocycles. The summed E-state index contributed by atoms with van der Waals surface area (Å²) in [5, 5.41) is 0. The third-order valence-electron chi connectivity index (χ3n) is 5.98. The molecule has 0 spiro atoms. The SMILES string of the molecule is CN(C(=O)C1CCN(S(=O)(=O)c2ccccc2F)CC1)C1CCCCCC1. The monoisotopic (exact) mass is 396 g/mol. The zero-order valence-electron chi connectivity index (χ0n) is 15.9. The minimum atomic E-state index is -3.85. The fourth-order valence-corrected chi connectivity index (χ4v) is 5.78. The van der Waals surface area contributed by atoms with Crippen LogP contribution >= 0.6 is 0 Å². The van der Waals surface area contributed by atoms with Crippen LogP contribution < -0.4 is 0 Å². The molecule has 0 unspecified atom stereocenters. The van der Waals surface area contributed by atoms with Crippen LogP contribution in [0.3, 0.4) is 0 Å². The van der Waals surface area contributed by atoms with Crippen LogP contribution in [-0.2, 0) is 14.8 Å². The Morgan fingerprint density at radius 1 is 1.04 bits per heavy atom. The maximum atomic E-state index is 13.9. The van der Waals surface area contributed by atoms with E-state index in [0.29, 0.717) is 18.9 Å². The normalized spacial score (nSPS) is 21.0. The van der Waals surface area contributed by atoms with Gasteiger partial charge >= 0.3 is 0 Å². The molecule has 2 fully saturated rings. The second-order valence-electron chi connectivity index (χ2n) is 7.70. The molecule has 1 saturated carbocycles. The first-order valence-electron chi connectivity index (χ1n) is 9.92. The molecule has 150 valence electrons. The Labute approximate surface area is 161 Å². The minimum Gasteiger partial charge on any atom is -0.343 e. The molecule has 1 aliphatic carbocycles. The molecule has 1 heterocycles. The van der Waals surface area contributed by atoms with Crippen LogP contribution in [0.4, 0.5) is 4.39 Å². The maximum Gasteiger partial charge on any atom is 0.245 e. The van der Waals surface area contributed by atoms with Gasteiger partial charge in [0.2, 0.25) is 15.9 Å². The van der Waals surface area contributed by atoms with E-state index >= 15 is 0 Å². The number of carbonyl (C=O) groups is 1. The summed E-state index contributed by atoms with van der Waals surface area (Å²) in [6.45, 7) is 0.511. The van der Waals surface area contributed by atoms with E-state index < -0.39 is 15.8 Å². The summed E-state index contributed by atoms with van der Waals surface area (Å²) in [6.07, 6.45) is 7.91. The van der Waals surface area contributed by atoms with E-state index in [4.69, 9.17) is 0 Å². The van der Waals surface area contributed by atoms with Gasteiger partial charge in [-0.15, -0.1) is 0 Å². The third kappa shape index (κ3) is 4.51. The molecule has 27 heavy (non-hydrogen) atoms. The van der Waals surface area contributed by atoms with Gasteiger partial charge in [0.05, 0.1) is 0 Å². The molecule has 0 N–H and O–H groups in total. The van der Waals surface area contributed by atoms with Gasteiger partial charge in [0.1, 0.15) is 10.7 Å². The smallest absolute Gasteiger partial charge is 0.245 e. The lowest BCUT2D eigenvalue weighted by molar-refractivity contribution is -0.137. The summed E-state index contributed by atoms with van der Waals surface area (Å²) in [5.41, 5.74) is 0. The second-order valence-corrected chi connectivity index (χ2v) is 9.61. The van der Waals surface area contributed by atoms with Crippen molar-refractivity contribution in [2.45, 2.75) is 62.3 Å². The lowest BCUT2D eigenvalue weighted by Gasteiger charge is -2.35. The fraction of sp³-hybridized carbons (Fsp3) is 0.650. The molecular weight excluding hydrogens is 367 g/mol. The Morgan fingerprint density at radius 2 is 1.63 bits per heavy atom. The van der Waals surface area contributed by atoms with Gasteiger partial charge in [0.25, 0.3) is 0 Å². The number of hydrogen-bond donors (Lipinski definition) is 0. The van der Waals surface area contributed by atoms with Gasteiger partial charge < -0.3 is 4.90 Å². The lowest BCUT2D eigenvalue weighted by Crippen LogP contribution is -2.46. The van der Waals surface area contributed by atoms with Gasteiger partial charge in [-0.2, -0.15) is 4.31 Å². The van der Waals surface area contributed by atoms with E-state index in [0.717, 1.165) is 18.9 Å². The van der Waals surface area contributed by atoms with Gasteiger partial charge in [-0.1, -0.05) is 37.8 Å². The first kappa shape index (κ1) is 20.3. The highest BCUT2D eigenvalue weighted by atomic mass is 32.2. The van der Waals surface area contributed by atoms with Crippen molar-refractivity contribution >= 4 is 15.9 Å². The number of benzene rings is 1. The summed E-state index contributed by atoms with van der Waals surface area (Å²) in [4.78, 5) is 14.5. The number of carbonyl (C=O) groups excluding carboxylic acids is 1. The van der Waals surface area contributed by atoms with Gasteiger partial charge in [0.15, 0.2) is 0 Å². The quantitative estimate of drug-likeness (QED) is 0.733. The first-order chi connectivity index (χ1) is 12.9. The van der Waals surface area contributed by atoms with Crippen molar-refractivity contribution in [2.75, 3.05) is 20.1 Å². The molecular formula is C20H29FN2O3S. The van der Waals surface area contributed by atoms with Crippen LogP contribution in [0, 0.1) is 11.7 Å². The van der Waals surface area contributed by atoms with E-state index in [2.05, 4.69) is 0 Å². The topological polar surface area (TPSA) is 57.7 Å². The molecule has 1 aliphatic heterocycles. The van der Waals surface area contributed by atoms with Gasteiger partial charge in [-0.25, -0.2) is 12.8 Å². The van der Waals surface area contributed by atoms with Crippen LogP contribution in [0.15, 0.2) is 29.2 Å². The number of halogens is 1. The Morgan fingerprint density at radius 3 is 2.22 bits per heavy atom. The van der Waals surface area contributed by atoms with E-state index in [1.165, 1.54) is 48.2 Å². The highest BCUT2D eigenvalue weighted by Crippen LogP contribution is 2.28. The fourth-order valence-electron chi connectivity index (χ4n) is 4.25. The van der Waals surface area contributed by atoms with E-state index in [1.54, 1.807) is 0 Å². The first-order valence-corrected chi connectivity index (χ1v) is 11.4. The van der Waals surface area contributed by atoms with Crippen LogP contribution in [0.1, 0.15) is 51.4 Å². The summed E-state index contributed by atoms with van der Waals surface area (Å²) in [6, 6.07) is 5.75. The Kier molecular flexibility index (Phi) is 6.52. The predicted octanol–water partition coefficient (Wildman–Crippen LogP) is 3.41. The Hall–Kier alpha value is -1.47. The van der Waals surface area contributed by atoms with Crippen LogP contribution in [0.2, 0.25) is 0 Å². The standard InChI is InChI=1S/C20H29FN2O3S/c1-22(17-8-4-2-3-5-9-17)20(24)16-12-14-23(15-13-16)27(25,26)19-11-7-6-10-18(19)21/h6-7,10-11,16-17H,2-5,8-9,12-15H2,1H3. The number of amides is 1. The maximum absolute atomic E-state index is 13.9. The summed E-state index contributed by atoms with van der Waals surface area (Å²) < 4.78 is 40.6. The summed E-state index contributed by atoms with van der Waals surface area (Å²) >= 11 is 0. The van der Waals surface area contributed by atoms with Gasteiger partial charge in [-0.3, -0.25) is 4.79 Å². The second kappa shape index (κ2) is 8.69. The Balaban J connectivity index is 1.61. The molecule has 0 aromatic heterocycles. The van der Waals surface area contributed by atoms with Crippen molar-refractivity contribution in [1.29, 1.82) is 0 Å². The third-order valence-corrected chi connectivity index (χ3v) is 7.91.